The molecule has 0 saturated heterocycles. The van der Waals surface area contributed by atoms with Gasteiger partial charge in [0.25, 0.3) is 0 Å². The van der Waals surface area contributed by atoms with Gasteiger partial charge in [-0.1, -0.05) is 12.1 Å². The van der Waals surface area contributed by atoms with Gasteiger partial charge in [0.1, 0.15) is 11.6 Å². The second-order valence-electron chi connectivity index (χ2n) is 6.78. The summed E-state index contributed by atoms with van der Waals surface area (Å²) >= 11 is 0. The summed E-state index contributed by atoms with van der Waals surface area (Å²) in [7, 11) is 6.39. The third-order valence-electron chi connectivity index (χ3n) is 4.65. The van der Waals surface area contributed by atoms with Crippen molar-refractivity contribution in [2.45, 2.75) is 13.3 Å². The van der Waals surface area contributed by atoms with E-state index in [0.29, 0.717) is 23.2 Å². The first-order chi connectivity index (χ1) is 15.1. The molecule has 0 amide bonds. The van der Waals surface area contributed by atoms with Crippen molar-refractivity contribution in [3.8, 4) is 23.0 Å². The van der Waals surface area contributed by atoms with Crippen molar-refractivity contribution >= 4 is 17.5 Å². The van der Waals surface area contributed by atoms with E-state index in [1.807, 2.05) is 37.3 Å². The third kappa shape index (κ3) is 5.69. The van der Waals surface area contributed by atoms with Crippen LogP contribution >= 0.6 is 0 Å². The van der Waals surface area contributed by atoms with Crippen LogP contribution in [0.1, 0.15) is 11.3 Å². The SMILES string of the molecule is COc1ccc(CCNc2cc(C)nc(Nc3cc(OC)c(OC)c(OC)c3)n2)cc1. The number of nitrogens with one attached hydrogen (secondary N) is 2. The fourth-order valence-corrected chi connectivity index (χ4v) is 3.12. The molecule has 164 valence electrons. The van der Waals surface area contributed by atoms with Crippen molar-refractivity contribution in [1.82, 2.24) is 9.97 Å². The van der Waals surface area contributed by atoms with E-state index >= 15 is 0 Å². The molecule has 0 radical (unpaired) electrons. The standard InChI is InChI=1S/C23H28N4O4/c1-15-12-21(24-11-10-16-6-8-18(28-2)9-7-16)27-23(25-15)26-17-13-19(29-3)22(31-5)20(14-17)30-4/h6-9,12-14H,10-11H2,1-5H3,(H2,24,25,26,27). The van der Waals surface area contributed by atoms with Crippen LogP contribution in [0.15, 0.2) is 42.5 Å². The smallest absolute Gasteiger partial charge is 0.229 e. The highest BCUT2D eigenvalue weighted by Gasteiger charge is 2.14. The van der Waals surface area contributed by atoms with Crippen LogP contribution in [0.4, 0.5) is 17.5 Å². The van der Waals surface area contributed by atoms with Gasteiger partial charge in [-0.3, -0.25) is 0 Å². The summed E-state index contributed by atoms with van der Waals surface area (Å²) in [6, 6.07) is 13.6. The van der Waals surface area contributed by atoms with Crippen LogP contribution in [0.5, 0.6) is 23.0 Å². The van der Waals surface area contributed by atoms with E-state index in [1.54, 1.807) is 28.4 Å². The largest absolute Gasteiger partial charge is 0.497 e. The molecule has 8 heteroatoms. The van der Waals surface area contributed by atoms with Gasteiger partial charge in [-0.2, -0.15) is 4.98 Å². The lowest BCUT2D eigenvalue weighted by Gasteiger charge is -2.15. The van der Waals surface area contributed by atoms with E-state index in [1.165, 1.54) is 5.56 Å². The van der Waals surface area contributed by atoms with Gasteiger partial charge in [-0.05, 0) is 31.0 Å². The maximum Gasteiger partial charge on any atom is 0.229 e. The first-order valence-electron chi connectivity index (χ1n) is 9.85. The van der Waals surface area contributed by atoms with Crippen molar-refractivity contribution in [2.75, 3.05) is 45.6 Å². The minimum absolute atomic E-state index is 0.473. The molecule has 2 aromatic carbocycles. The lowest BCUT2D eigenvalue weighted by atomic mass is 10.1. The average Bonchev–Trinajstić information content (AvgIpc) is 2.78. The highest BCUT2D eigenvalue weighted by atomic mass is 16.5. The number of hydrogen-bond donors (Lipinski definition) is 2. The second kappa shape index (κ2) is 10.4. The lowest BCUT2D eigenvalue weighted by Crippen LogP contribution is -2.09. The Hall–Kier alpha value is -3.68. The molecule has 2 N–H and O–H groups in total. The quantitative estimate of drug-likeness (QED) is 0.500. The Morgan fingerprint density at radius 2 is 1.48 bits per heavy atom. The van der Waals surface area contributed by atoms with Gasteiger partial charge in [0.15, 0.2) is 11.5 Å². The minimum Gasteiger partial charge on any atom is -0.497 e. The van der Waals surface area contributed by atoms with Crippen LogP contribution in [-0.4, -0.2) is 45.0 Å². The number of methoxy groups -OCH3 is 4. The highest BCUT2D eigenvalue weighted by molar-refractivity contribution is 5.66. The molecular formula is C23H28N4O4. The maximum atomic E-state index is 5.41. The predicted molar refractivity (Wildman–Crippen MR) is 121 cm³/mol. The van der Waals surface area contributed by atoms with Crippen molar-refractivity contribution < 1.29 is 18.9 Å². The topological polar surface area (TPSA) is 86.8 Å². The van der Waals surface area contributed by atoms with Crippen LogP contribution in [0.25, 0.3) is 0 Å². The van der Waals surface area contributed by atoms with Gasteiger partial charge in [0, 0.05) is 36.1 Å². The Labute approximate surface area is 182 Å². The van der Waals surface area contributed by atoms with Gasteiger partial charge >= 0.3 is 0 Å². The zero-order valence-electron chi connectivity index (χ0n) is 18.5. The predicted octanol–water partition coefficient (Wildman–Crippen LogP) is 4.22. The molecule has 0 bridgehead atoms. The number of aryl methyl sites for hydroxylation is 1. The Morgan fingerprint density at radius 3 is 2.06 bits per heavy atom. The number of benzene rings is 2. The molecule has 3 rings (SSSR count). The normalized spacial score (nSPS) is 10.4. The van der Waals surface area contributed by atoms with Crippen LogP contribution in [-0.2, 0) is 6.42 Å². The molecule has 0 aliphatic carbocycles. The van der Waals surface area contributed by atoms with Crippen molar-refractivity contribution in [3.63, 3.8) is 0 Å². The molecule has 0 atom stereocenters. The van der Waals surface area contributed by atoms with E-state index in [0.717, 1.165) is 35.9 Å². The zero-order valence-corrected chi connectivity index (χ0v) is 18.5. The highest BCUT2D eigenvalue weighted by Crippen LogP contribution is 2.40. The average molecular weight is 425 g/mol. The van der Waals surface area contributed by atoms with Crippen LogP contribution in [0, 0.1) is 6.92 Å². The summed E-state index contributed by atoms with van der Waals surface area (Å²) in [5.41, 5.74) is 2.79. The van der Waals surface area contributed by atoms with E-state index in [9.17, 15) is 0 Å². The molecular weight excluding hydrogens is 396 g/mol. The van der Waals surface area contributed by atoms with Crippen molar-refractivity contribution in [1.29, 1.82) is 0 Å². The minimum atomic E-state index is 0.473. The summed E-state index contributed by atoms with van der Waals surface area (Å²) in [6.45, 7) is 2.67. The summed E-state index contributed by atoms with van der Waals surface area (Å²) < 4.78 is 21.4. The van der Waals surface area contributed by atoms with Gasteiger partial charge in [0.05, 0.1) is 28.4 Å². The number of ether oxygens (including phenoxy) is 4. The maximum absolute atomic E-state index is 5.41. The monoisotopic (exact) mass is 424 g/mol. The molecule has 8 nitrogen and oxygen atoms in total. The van der Waals surface area contributed by atoms with Gasteiger partial charge in [0.2, 0.25) is 11.7 Å². The third-order valence-corrected chi connectivity index (χ3v) is 4.65. The fraction of sp³-hybridized carbons (Fsp3) is 0.304. The summed E-state index contributed by atoms with van der Waals surface area (Å²) in [6.07, 6.45) is 0.864. The zero-order chi connectivity index (χ0) is 22.2. The Bertz CT molecular complexity index is 984. The number of nitrogens with zero attached hydrogens (tertiary/aromatic N) is 2. The molecule has 0 aliphatic rings. The molecule has 0 aliphatic heterocycles. The summed E-state index contributed by atoms with van der Waals surface area (Å²) in [5, 5.41) is 6.58. The molecule has 1 heterocycles. The van der Waals surface area contributed by atoms with Crippen LogP contribution < -0.4 is 29.6 Å². The molecule has 31 heavy (non-hydrogen) atoms. The fourth-order valence-electron chi connectivity index (χ4n) is 3.12. The number of rotatable bonds is 10. The summed E-state index contributed by atoms with van der Waals surface area (Å²) in [5.74, 6) is 3.70. The van der Waals surface area contributed by atoms with E-state index in [2.05, 4.69) is 32.7 Å². The van der Waals surface area contributed by atoms with Gasteiger partial charge in [-0.15, -0.1) is 0 Å². The molecule has 0 unspecified atom stereocenters. The molecule has 3 aromatic rings. The lowest BCUT2D eigenvalue weighted by molar-refractivity contribution is 0.324. The first-order valence-corrected chi connectivity index (χ1v) is 9.85. The molecule has 0 saturated carbocycles. The van der Waals surface area contributed by atoms with E-state index in [-0.39, 0.29) is 0 Å². The van der Waals surface area contributed by atoms with Gasteiger partial charge < -0.3 is 29.6 Å². The van der Waals surface area contributed by atoms with Crippen LogP contribution in [0.2, 0.25) is 0 Å². The number of anilines is 3. The summed E-state index contributed by atoms with van der Waals surface area (Å²) in [4.78, 5) is 9.05. The van der Waals surface area contributed by atoms with E-state index < -0.39 is 0 Å². The Kier molecular flexibility index (Phi) is 7.37. The van der Waals surface area contributed by atoms with Crippen LogP contribution in [0.3, 0.4) is 0 Å². The van der Waals surface area contributed by atoms with Gasteiger partial charge in [-0.25, -0.2) is 4.98 Å². The van der Waals surface area contributed by atoms with E-state index in [4.69, 9.17) is 18.9 Å². The molecule has 0 spiro atoms. The number of aromatic nitrogens is 2. The van der Waals surface area contributed by atoms with Crippen molar-refractivity contribution in [2.24, 2.45) is 0 Å². The second-order valence-corrected chi connectivity index (χ2v) is 6.78. The number of hydrogen-bond acceptors (Lipinski definition) is 8. The van der Waals surface area contributed by atoms with Crippen molar-refractivity contribution in [3.05, 3.63) is 53.7 Å². The molecule has 0 fully saturated rings. The first kappa shape index (κ1) is 22.0. The Balaban J connectivity index is 1.70. The Morgan fingerprint density at radius 1 is 0.806 bits per heavy atom. The molecule has 1 aromatic heterocycles.